The highest BCUT2D eigenvalue weighted by atomic mass is 79.9. The maximum Gasteiger partial charge on any atom is 0.229 e. The molecule has 0 saturated carbocycles. The first-order valence-corrected chi connectivity index (χ1v) is 10.3. The number of aliphatic imine (C=N–C) groups is 1. The number of hydrogen-bond donors (Lipinski definition) is 0. The van der Waals surface area contributed by atoms with E-state index < -0.39 is 10.9 Å². The molecule has 1 aromatic carbocycles. The Balaban J connectivity index is 2.01. The van der Waals surface area contributed by atoms with Gasteiger partial charge in [0.2, 0.25) is 5.71 Å². The summed E-state index contributed by atoms with van der Waals surface area (Å²) in [5.74, 6) is -0.544. The molecule has 2 atom stereocenters. The van der Waals surface area contributed by atoms with Crippen LogP contribution >= 0.6 is 27.7 Å². The lowest BCUT2D eigenvalue weighted by atomic mass is 9.93. The quantitative estimate of drug-likeness (QED) is 0.502. The molecule has 0 amide bonds. The van der Waals surface area contributed by atoms with Crippen molar-refractivity contribution in [3.05, 3.63) is 58.1 Å². The monoisotopic (exact) mass is 472 g/mol. The number of nitriles is 1. The Hall–Kier alpha value is -2.70. The highest BCUT2D eigenvalue weighted by molar-refractivity contribution is 9.10. The minimum Gasteiger partial charge on any atom is -0.432 e. The van der Waals surface area contributed by atoms with Gasteiger partial charge in [0.25, 0.3) is 0 Å². The van der Waals surface area contributed by atoms with E-state index in [1.165, 1.54) is 30.8 Å². The average Bonchev–Trinajstić information content (AvgIpc) is 3.30. The molecule has 1 aliphatic rings. The zero-order valence-corrected chi connectivity index (χ0v) is 17.8. The van der Waals surface area contributed by atoms with Crippen molar-refractivity contribution in [2.75, 3.05) is 11.9 Å². The van der Waals surface area contributed by atoms with Gasteiger partial charge in [0, 0.05) is 30.2 Å². The Morgan fingerprint density at radius 1 is 1.41 bits per heavy atom. The fraction of sp³-hybridized carbons (Fsp3) is 0.200. The highest BCUT2D eigenvalue weighted by Gasteiger charge is 2.49. The summed E-state index contributed by atoms with van der Waals surface area (Å²) in [5.41, 5.74) is 1.85. The van der Waals surface area contributed by atoms with E-state index in [9.17, 15) is 14.4 Å². The van der Waals surface area contributed by atoms with Crippen molar-refractivity contribution >= 4 is 55.8 Å². The van der Waals surface area contributed by atoms with E-state index in [1.807, 2.05) is 0 Å². The molecule has 0 bridgehead atoms. The molecule has 3 aromatic rings. The third-order valence-corrected chi connectivity index (χ3v) is 6.22. The third kappa shape index (κ3) is 3.03. The van der Waals surface area contributed by atoms with Crippen LogP contribution in [0, 0.1) is 17.1 Å². The lowest BCUT2D eigenvalue weighted by Gasteiger charge is -2.39. The van der Waals surface area contributed by atoms with Crippen LogP contribution in [0.4, 0.5) is 10.1 Å². The summed E-state index contributed by atoms with van der Waals surface area (Å²) in [6, 6.07) is 9.94. The maximum atomic E-state index is 13.6. The number of furan rings is 1. The molecule has 29 heavy (non-hydrogen) atoms. The molecule has 146 valence electrons. The first kappa shape index (κ1) is 19.6. The lowest BCUT2D eigenvalue weighted by Crippen LogP contribution is -2.48. The molecule has 6 nitrogen and oxygen atoms in total. The molecule has 2 unspecified atom stereocenters. The second-order valence-corrected chi connectivity index (χ2v) is 8.38. The minimum absolute atomic E-state index is 0.123. The summed E-state index contributed by atoms with van der Waals surface area (Å²) in [4.78, 5) is 23.0. The summed E-state index contributed by atoms with van der Waals surface area (Å²) in [5, 5.41) is 9.82. The number of benzene rings is 1. The summed E-state index contributed by atoms with van der Waals surface area (Å²) < 4.78 is 20.0. The Morgan fingerprint density at radius 2 is 2.14 bits per heavy atom. The summed E-state index contributed by atoms with van der Waals surface area (Å²) >= 11 is 4.67. The molecule has 0 radical (unpaired) electrons. The number of ketones is 1. The topological polar surface area (TPSA) is 82.5 Å². The number of carbonyl (C=O) groups excluding carboxylic acids is 1. The van der Waals surface area contributed by atoms with Crippen LogP contribution in [-0.4, -0.2) is 28.6 Å². The number of thioether (sulfide) groups is 1. The number of pyridine rings is 1. The van der Waals surface area contributed by atoms with Gasteiger partial charge in [-0.25, -0.2) is 9.37 Å². The number of fused-ring (bicyclic) bond motifs is 1. The van der Waals surface area contributed by atoms with Crippen LogP contribution < -0.4 is 4.90 Å². The largest absolute Gasteiger partial charge is 0.432 e. The van der Waals surface area contributed by atoms with Crippen molar-refractivity contribution in [1.82, 2.24) is 4.98 Å². The molecule has 0 spiro atoms. The van der Waals surface area contributed by atoms with Gasteiger partial charge in [-0.1, -0.05) is 23.9 Å². The minimum atomic E-state index is -1.17. The van der Waals surface area contributed by atoms with E-state index in [2.05, 4.69) is 32.0 Å². The molecule has 1 aliphatic heterocycles. The number of aromatic nitrogens is 1. The SMILES string of the molecule is CC(=O)c1oc2ncc(Br)cc2c1N(C)C1(c2ccc(F)cc2)N=CSC1C#N. The number of halogens is 2. The van der Waals surface area contributed by atoms with Crippen molar-refractivity contribution in [3.63, 3.8) is 0 Å². The van der Waals surface area contributed by atoms with Crippen LogP contribution in [-0.2, 0) is 5.66 Å². The van der Waals surface area contributed by atoms with Gasteiger partial charge < -0.3 is 9.32 Å². The van der Waals surface area contributed by atoms with Crippen LogP contribution in [0.5, 0.6) is 0 Å². The first-order valence-electron chi connectivity index (χ1n) is 8.56. The van der Waals surface area contributed by atoms with Crippen molar-refractivity contribution in [1.29, 1.82) is 5.26 Å². The zero-order chi connectivity index (χ0) is 20.8. The summed E-state index contributed by atoms with van der Waals surface area (Å²) in [6.45, 7) is 1.41. The van der Waals surface area contributed by atoms with Crippen LogP contribution in [0.1, 0.15) is 23.0 Å². The normalized spacial score (nSPS) is 20.7. The van der Waals surface area contributed by atoms with Gasteiger partial charge in [0.05, 0.1) is 22.7 Å². The van der Waals surface area contributed by atoms with Gasteiger partial charge in [-0.05, 0) is 34.1 Å². The Labute approximate surface area is 178 Å². The van der Waals surface area contributed by atoms with E-state index in [0.717, 1.165) is 0 Å². The van der Waals surface area contributed by atoms with Crippen molar-refractivity contribution in [2.45, 2.75) is 17.8 Å². The predicted molar refractivity (Wildman–Crippen MR) is 114 cm³/mol. The van der Waals surface area contributed by atoms with E-state index >= 15 is 0 Å². The number of anilines is 1. The van der Waals surface area contributed by atoms with Crippen molar-refractivity contribution in [3.8, 4) is 6.07 Å². The van der Waals surface area contributed by atoms with E-state index in [1.54, 1.807) is 41.9 Å². The third-order valence-electron chi connectivity index (χ3n) is 4.85. The molecule has 2 aromatic heterocycles. The van der Waals surface area contributed by atoms with Gasteiger partial charge in [-0.2, -0.15) is 5.26 Å². The molecule has 3 heterocycles. The molecule has 9 heteroatoms. The van der Waals surface area contributed by atoms with Crippen LogP contribution in [0.25, 0.3) is 11.1 Å². The summed E-state index contributed by atoms with van der Waals surface area (Å²) in [7, 11) is 1.74. The van der Waals surface area contributed by atoms with Crippen LogP contribution in [0.3, 0.4) is 0 Å². The lowest BCUT2D eigenvalue weighted by molar-refractivity contribution is 0.0989. The molecule has 0 saturated heterocycles. The van der Waals surface area contributed by atoms with Crippen molar-refractivity contribution in [2.24, 2.45) is 4.99 Å². The Bertz CT molecular complexity index is 1190. The Morgan fingerprint density at radius 3 is 2.79 bits per heavy atom. The van der Waals surface area contributed by atoms with Crippen molar-refractivity contribution < 1.29 is 13.6 Å². The van der Waals surface area contributed by atoms with Gasteiger partial charge >= 0.3 is 0 Å². The molecular formula is C20H14BrFN4O2S. The first-order chi connectivity index (χ1) is 13.9. The number of Topliss-reactive ketones (excluding diaryl/α,β-unsaturated/α-hetero) is 1. The number of rotatable bonds is 4. The maximum absolute atomic E-state index is 13.6. The van der Waals surface area contributed by atoms with E-state index in [4.69, 9.17) is 4.42 Å². The second kappa shape index (κ2) is 7.28. The molecule has 4 rings (SSSR count). The zero-order valence-electron chi connectivity index (χ0n) is 15.4. The molecule has 0 fully saturated rings. The van der Waals surface area contributed by atoms with Gasteiger partial charge in [0.15, 0.2) is 17.2 Å². The molecule has 0 N–H and O–H groups in total. The fourth-order valence-corrected chi connectivity index (χ4v) is 4.80. The average molecular weight is 473 g/mol. The van der Waals surface area contributed by atoms with Crippen LogP contribution in [0.2, 0.25) is 0 Å². The molecular weight excluding hydrogens is 459 g/mol. The van der Waals surface area contributed by atoms with Gasteiger partial charge in [-0.3, -0.25) is 9.79 Å². The van der Waals surface area contributed by atoms with Crippen LogP contribution in [0.15, 0.2) is 50.4 Å². The highest BCUT2D eigenvalue weighted by Crippen LogP contribution is 2.48. The van der Waals surface area contributed by atoms with Gasteiger partial charge in [0.1, 0.15) is 11.1 Å². The van der Waals surface area contributed by atoms with Gasteiger partial charge in [-0.15, -0.1) is 0 Å². The fourth-order valence-electron chi connectivity index (χ4n) is 3.52. The second-order valence-electron chi connectivity index (χ2n) is 6.51. The van der Waals surface area contributed by atoms with E-state index in [-0.39, 0.29) is 17.4 Å². The summed E-state index contributed by atoms with van der Waals surface area (Å²) in [6.07, 6.45) is 1.58. The number of nitrogens with zero attached hydrogens (tertiary/aromatic N) is 4. The number of carbonyl (C=O) groups is 1. The smallest absolute Gasteiger partial charge is 0.229 e. The number of hydrogen-bond acceptors (Lipinski definition) is 7. The predicted octanol–water partition coefficient (Wildman–Crippen LogP) is 4.89. The standard InChI is InChI=1S/C20H14BrFN4O2S/c1-11(27)18-17(15-7-13(21)9-24-19(15)28-18)26(2)20(16(8-23)29-10-25-20)12-3-5-14(22)6-4-12/h3-7,9-10,16H,1-2H3. The van der Waals surface area contributed by atoms with E-state index in [0.29, 0.717) is 26.8 Å². The Kier molecular flexibility index (Phi) is 4.92. The molecule has 0 aliphatic carbocycles.